The summed E-state index contributed by atoms with van der Waals surface area (Å²) in [6.45, 7) is -13.5. The maximum absolute atomic E-state index is 11.5. The Morgan fingerprint density at radius 1 is 0.616 bits per heavy atom. The van der Waals surface area contributed by atoms with Gasteiger partial charge in [0.05, 0.1) is 15.3 Å². The van der Waals surface area contributed by atoms with Crippen molar-refractivity contribution in [3.8, 4) is 28.7 Å². The molecule has 0 amide bonds. The van der Waals surface area contributed by atoms with Crippen molar-refractivity contribution in [2.24, 2.45) is 0 Å². The van der Waals surface area contributed by atoms with Crippen LogP contribution in [0.1, 0.15) is 210 Å². The Bertz CT molecular complexity index is 3910. The number of carbonyl (C=O) groups is 2. The predicted octanol–water partition coefficient (Wildman–Crippen LogP) is 14.9. The second-order valence-corrected chi connectivity index (χ2v) is 18.2. The van der Waals surface area contributed by atoms with Gasteiger partial charge in [0.2, 0.25) is 0 Å². The molecule has 0 saturated carbocycles. The molecule has 0 aromatic heterocycles. The van der Waals surface area contributed by atoms with Gasteiger partial charge in [0.25, 0.3) is 2.86 Å². The first-order valence-corrected chi connectivity index (χ1v) is 22.2. The van der Waals surface area contributed by atoms with Gasteiger partial charge in [0, 0.05) is 61.1 Å². The minimum absolute atomic E-state index is 0.0446. The maximum Gasteiger partial charge on any atom is 0.526 e. The molecule has 0 aliphatic heterocycles. The average molecular weight is 1120 g/mol. The van der Waals surface area contributed by atoms with E-state index in [4.69, 9.17) is 66.5 Å². The Balaban J connectivity index is -0.00000131. The van der Waals surface area contributed by atoms with Gasteiger partial charge in [-0.1, -0.05) is 197 Å². The summed E-state index contributed by atoms with van der Waals surface area (Å²) in [4.78, 5) is 20.9. The summed E-state index contributed by atoms with van der Waals surface area (Å²) in [6.07, 6.45) is 0. The van der Waals surface area contributed by atoms with Crippen LogP contribution in [-0.2, 0) is 52.4 Å². The Hall–Kier alpha value is -5.31. The van der Waals surface area contributed by atoms with Crippen LogP contribution in [0, 0.1) is 0 Å². The highest BCUT2D eigenvalue weighted by atomic mass is 35.5. The minimum atomic E-state index is -4.66. The smallest absolute Gasteiger partial charge is 0.508 e. The number of esters is 1. The monoisotopic (exact) mass is 1120 g/mol. The zero-order chi connectivity index (χ0) is 89.6. The summed E-state index contributed by atoms with van der Waals surface area (Å²) < 4.78 is 320. The molecule has 0 bridgehead atoms. The largest absolute Gasteiger partial charge is 0.526 e. The number of aromatic hydroxyl groups is 4. The molecule has 410 valence electrons. The lowest BCUT2D eigenvalue weighted by molar-refractivity contribution is -0.131. The Morgan fingerprint density at radius 3 is 1.32 bits per heavy atom. The number of carbonyl (C=O) groups excluding carboxylic acids is 2. The van der Waals surface area contributed by atoms with E-state index in [0.717, 1.165) is 64.1 Å². The lowest BCUT2D eigenvalue weighted by Crippen LogP contribution is -2.18. The van der Waals surface area contributed by atoms with Crippen LogP contribution in [-0.4, -0.2) is 63.4 Å². The molecule has 12 nitrogen and oxygen atoms in total. The van der Waals surface area contributed by atoms with Gasteiger partial charge in [0.1, 0.15) is 29.9 Å². The molecule has 7 N–H and O–H groups in total. The summed E-state index contributed by atoms with van der Waals surface area (Å²) in [5, 5.41) is 27.3. The van der Waals surface area contributed by atoms with Crippen molar-refractivity contribution in [3.63, 3.8) is 0 Å². The van der Waals surface area contributed by atoms with Crippen molar-refractivity contribution in [2.45, 2.75) is 163 Å². The summed E-state index contributed by atoms with van der Waals surface area (Å²) in [6, 6.07) is 16.3. The van der Waals surface area contributed by atoms with Crippen molar-refractivity contribution >= 4 is 45.7 Å². The zero-order valence-corrected chi connectivity index (χ0v) is 44.0. The van der Waals surface area contributed by atoms with Gasteiger partial charge in [-0.25, -0.2) is 9.35 Å². The summed E-state index contributed by atoms with van der Waals surface area (Å²) >= 11 is 8.49. The highest BCUT2D eigenvalue weighted by Crippen LogP contribution is 2.37. The third-order valence-corrected chi connectivity index (χ3v) is 8.40. The number of phenols is 4. The SMILES string of the molecule is COC(=O)Cl.Oc1ccccc1.[2H]Cl.[2H]Oc1c([2H])cc(C(C)(C)C([2H])([2H])[2H])cc1C(C)(C([2H])([2H])[2H])C([2H])([2H])[2H].[2H]Oc1c([2H])cc([2H])cc1[2H].[2H][O+]([2H])S(=O)(=O)O.[2H]c1cc(C(C)(C)C([2H])([2H])[2H])cc(C(C)(C([2H])([2H])[2H])C([2H])([2H])[2H])c1O.[2H]c1cc(C(C)(C)C([2H])([2H])[2H])cc(C(C)(C([2H])([2H])[2H])C([2H])([2H])[2H])c1OC(C)=O. The van der Waals surface area contributed by atoms with E-state index >= 15 is 0 Å². The highest BCUT2D eigenvalue weighted by molar-refractivity contribution is 7.79. The number of rotatable bonds is 4. The van der Waals surface area contributed by atoms with Crippen molar-refractivity contribution in [3.05, 3.63) is 148 Å². The Kier molecular flexibility index (Phi) is 12.0. The molecule has 5 aromatic rings. The summed E-state index contributed by atoms with van der Waals surface area (Å²) in [5.41, 5.74) is -13.8. The van der Waals surface area contributed by atoms with Crippen LogP contribution in [0.15, 0.2) is 115 Å². The van der Waals surface area contributed by atoms with Gasteiger partial charge < -0.3 is 34.5 Å². The fraction of sp³-hybridized carbons (Fsp3) is 0.448. The molecule has 5 aromatic carbocycles. The average Bonchev–Trinajstić information content (AvgIpc) is 0.736. The van der Waals surface area contributed by atoms with E-state index in [2.05, 4.69) is 38.9 Å². The van der Waals surface area contributed by atoms with Crippen LogP contribution in [0.25, 0.3) is 0 Å². The van der Waals surface area contributed by atoms with Crippen LogP contribution < -0.4 is 4.74 Å². The van der Waals surface area contributed by atoms with Crippen molar-refractivity contribution in [1.29, 1.82) is 6.90 Å². The van der Waals surface area contributed by atoms with Crippen molar-refractivity contribution < 1.29 is 102 Å². The summed E-state index contributed by atoms with van der Waals surface area (Å²) in [7, 11) is -3.44. The fourth-order valence-corrected chi connectivity index (χ4v) is 4.62. The van der Waals surface area contributed by atoms with E-state index in [1.165, 1.54) is 60.8 Å². The maximum atomic E-state index is 11.5. The first kappa shape index (κ1) is 28.5. The van der Waals surface area contributed by atoms with Crippen LogP contribution in [0.4, 0.5) is 4.79 Å². The lowest BCUT2D eigenvalue weighted by Gasteiger charge is -2.26. The topological polar surface area (TPSA) is 211 Å². The number of hydrogen-bond acceptors (Lipinski definition) is 10. The van der Waals surface area contributed by atoms with Gasteiger partial charge in [0.15, 0.2) is 0 Å². The number of para-hydroxylation sites is 2. The quantitative estimate of drug-likeness (QED) is 0.0376. The molecule has 0 atom stereocenters. The van der Waals surface area contributed by atoms with Crippen molar-refractivity contribution in [2.75, 3.05) is 7.11 Å². The van der Waals surface area contributed by atoms with Crippen LogP contribution in [0.5, 0.6) is 28.7 Å². The van der Waals surface area contributed by atoms with Gasteiger partial charge in [-0.05, 0) is 103 Å². The normalized spacial score (nSPS) is 20.3. The molecule has 0 aliphatic rings. The minimum Gasteiger partial charge on any atom is -0.508 e. The van der Waals surface area contributed by atoms with E-state index in [1.807, 2.05) is 6.07 Å². The van der Waals surface area contributed by atoms with Crippen molar-refractivity contribution in [1.82, 2.24) is 0 Å². The third kappa shape index (κ3) is 33.2. The Morgan fingerprint density at radius 2 is 0.986 bits per heavy atom. The molecule has 0 saturated heterocycles. The molecule has 0 heterocycles. The Labute approximate surface area is 502 Å². The number of methoxy groups -OCH3 is 1. The molecule has 0 fully saturated rings. The zero-order valence-electron chi connectivity index (χ0n) is 79.7. The van der Waals surface area contributed by atoms with E-state index in [9.17, 15) is 23.1 Å². The molecule has 15 heteroatoms. The fourth-order valence-electron chi connectivity index (χ4n) is 4.62. The van der Waals surface area contributed by atoms with Crippen LogP contribution in [0.3, 0.4) is 0 Å². The number of halogens is 2. The molecule has 0 aliphatic carbocycles. The molecule has 0 spiro atoms. The lowest BCUT2D eigenvalue weighted by atomic mass is 9.80. The first-order chi connectivity index (χ1) is 49.0. The molecule has 73 heavy (non-hydrogen) atoms. The van der Waals surface area contributed by atoms with Gasteiger partial charge >= 0.3 is 24.7 Å². The van der Waals surface area contributed by atoms with Gasteiger partial charge in [-0.15, -0.1) is 20.7 Å². The molecule has 5 rings (SSSR count). The number of phenolic OH excluding ortho intramolecular Hbond substituents is 4. The van der Waals surface area contributed by atoms with E-state index in [-0.39, 0.29) is 45.1 Å². The second-order valence-electron chi connectivity index (χ2n) is 17.0. The van der Waals surface area contributed by atoms with Gasteiger partial charge in [-0.2, -0.15) is 0 Å². The second kappa shape index (κ2) is 30.8. The molecular formula is C58H87Cl2O12S+. The molecular weight excluding hydrogens is 992 g/mol. The van der Waals surface area contributed by atoms with Crippen LogP contribution in [0.2, 0.25) is 0 Å². The van der Waals surface area contributed by atoms with E-state index in [1.54, 1.807) is 24.3 Å². The van der Waals surface area contributed by atoms with E-state index in [0.29, 0.717) is 5.75 Å². The molecule has 0 radical (unpaired) electrons. The molecule has 0 unspecified atom stereocenters. The van der Waals surface area contributed by atoms with Gasteiger partial charge in [-0.3, -0.25) is 4.79 Å². The number of ether oxygens (including phenoxy) is 2. The number of hydrogen-bond donors (Lipinski definition) is 5. The highest BCUT2D eigenvalue weighted by Gasteiger charge is 2.25. The third-order valence-electron chi connectivity index (χ3n) is 8.24. The number of benzene rings is 5. The first-order valence-electron chi connectivity index (χ1n) is 38.9. The predicted molar refractivity (Wildman–Crippen MR) is 303 cm³/mol. The van der Waals surface area contributed by atoms with E-state index < -0.39 is 168 Å². The summed E-state index contributed by atoms with van der Waals surface area (Å²) in [5.74, 6) is -2.46. The standard InChI is InChI=1S/C16H24O2.2C14H22O.2C6H6O.C2H3ClO2.ClH.H2O4S/c1-11(17)18-14-9-8-12(15(2,3)4)10-13(14)16(5,6)7;2*1-13(2,3)10-7-8-12(15)11(9-10)14(4,5)6;2*7-6-4-2-1-3-5-6;1-5-2(3)4;;1-5(2,3)4/h8-10H,1-7H3;2*7-9,15H,1-6H3;2*1-5,7H;1H3;1H;(H2,1,2,3,4)/p+1/i2D3,5D3,6D3,9D;2*1D3,4D3,5D3,8D;1D,4D,5D;;;;/hD5. The van der Waals surface area contributed by atoms with Crippen LogP contribution >= 0.6 is 23.9 Å².